The molecule has 0 aliphatic rings. The van der Waals surface area contributed by atoms with Crippen molar-refractivity contribution in [2.75, 3.05) is 7.11 Å². The molecule has 0 spiro atoms. The number of nitrogens with two attached hydrogens (primary N) is 1. The van der Waals surface area contributed by atoms with Crippen LogP contribution in [0.2, 0.25) is 10.0 Å². The van der Waals surface area contributed by atoms with Gasteiger partial charge in [0.15, 0.2) is 0 Å². The van der Waals surface area contributed by atoms with Gasteiger partial charge in [-0.05, 0) is 59.0 Å². The van der Waals surface area contributed by atoms with Crippen LogP contribution in [0.25, 0.3) is 0 Å². The zero-order valence-corrected chi connectivity index (χ0v) is 26.6. The molecule has 0 radical (unpaired) electrons. The summed E-state index contributed by atoms with van der Waals surface area (Å²) < 4.78 is 45.2. The molecular formula is C32H33Cl2F3N4O5. The van der Waals surface area contributed by atoms with Gasteiger partial charge in [-0.3, -0.25) is 19.2 Å². The second-order valence-corrected chi connectivity index (χ2v) is 11.5. The Morgan fingerprint density at radius 1 is 0.891 bits per heavy atom. The molecule has 14 heteroatoms. The molecule has 0 unspecified atom stereocenters. The van der Waals surface area contributed by atoms with E-state index in [2.05, 4.69) is 16.0 Å². The lowest BCUT2D eigenvalue weighted by Gasteiger charge is -2.27. The number of carbonyl (C=O) groups is 4. The Morgan fingerprint density at radius 2 is 1.57 bits per heavy atom. The molecule has 0 fully saturated rings. The summed E-state index contributed by atoms with van der Waals surface area (Å²) in [5.41, 5.74) is 7.11. The number of Topliss-reactive ketones (excluding diaryl/α,β-unsaturated/α-hetero) is 1. The van der Waals surface area contributed by atoms with Crippen molar-refractivity contribution in [1.29, 1.82) is 0 Å². The number of ether oxygens (including phenoxy) is 1. The third-order valence-corrected chi connectivity index (χ3v) is 7.60. The number of ketones is 1. The predicted octanol–water partition coefficient (Wildman–Crippen LogP) is 4.93. The normalized spacial score (nSPS) is 13.3. The quantitative estimate of drug-likeness (QED) is 0.202. The largest absolute Gasteiger partial charge is 0.497 e. The first-order valence-corrected chi connectivity index (χ1v) is 14.8. The number of carbonyl (C=O) groups excluding carboxylic acids is 4. The number of rotatable bonds is 13. The van der Waals surface area contributed by atoms with E-state index in [1.807, 2.05) is 0 Å². The molecular weight excluding hydrogens is 648 g/mol. The topological polar surface area (TPSA) is 140 Å². The summed E-state index contributed by atoms with van der Waals surface area (Å²) in [6.45, 7) is 2.83. The van der Waals surface area contributed by atoms with Crippen molar-refractivity contribution < 1.29 is 37.1 Å². The minimum Gasteiger partial charge on any atom is -0.497 e. The van der Waals surface area contributed by atoms with Gasteiger partial charge in [0.1, 0.15) is 17.8 Å². The van der Waals surface area contributed by atoms with Crippen LogP contribution in [0.15, 0.2) is 66.7 Å². The maximum absolute atomic E-state index is 13.8. The first kappa shape index (κ1) is 36.3. The highest BCUT2D eigenvalue weighted by molar-refractivity contribution is 6.31. The van der Waals surface area contributed by atoms with Crippen LogP contribution in [0.5, 0.6) is 5.75 Å². The lowest BCUT2D eigenvalue weighted by molar-refractivity contribution is -0.175. The number of nitrogens with one attached hydrogen (secondary N) is 3. The maximum atomic E-state index is 13.8. The standard InChI is InChI=1S/C32H33Cl2F3N4O5/c1-17(2)26(28(42)32(35,36)37)40-31(45)27(19-9-11-23(46-3)12-10-19)41-30(44)25(14-18-5-4-6-22(33)13-18)39-29(43)20-7-8-21(16-38)24(34)15-20/h4-13,15,17,25-27H,14,16,38H2,1-3H3,(H,39,43)(H,40,45)(H,41,44)/t25-,26-,27-/m0/s1. The van der Waals surface area contributed by atoms with E-state index < -0.39 is 53.7 Å². The monoisotopic (exact) mass is 680 g/mol. The van der Waals surface area contributed by atoms with E-state index in [1.54, 1.807) is 30.3 Å². The van der Waals surface area contributed by atoms with Crippen molar-refractivity contribution in [3.63, 3.8) is 0 Å². The molecule has 0 aliphatic carbocycles. The molecule has 3 amide bonds. The van der Waals surface area contributed by atoms with E-state index in [-0.39, 0.29) is 29.1 Å². The van der Waals surface area contributed by atoms with Crippen molar-refractivity contribution in [2.45, 2.75) is 51.1 Å². The summed E-state index contributed by atoms with van der Waals surface area (Å²) in [6, 6.07) is 12.0. The molecule has 3 aromatic carbocycles. The minimum atomic E-state index is -5.21. The molecule has 246 valence electrons. The van der Waals surface area contributed by atoms with E-state index >= 15 is 0 Å². The van der Waals surface area contributed by atoms with Crippen LogP contribution < -0.4 is 26.4 Å². The lowest BCUT2D eigenvalue weighted by Crippen LogP contribution is -2.55. The Morgan fingerprint density at radius 3 is 2.11 bits per heavy atom. The molecule has 5 N–H and O–H groups in total. The first-order valence-electron chi connectivity index (χ1n) is 14.0. The van der Waals surface area contributed by atoms with Gasteiger partial charge in [-0.2, -0.15) is 13.2 Å². The Balaban J connectivity index is 1.98. The summed E-state index contributed by atoms with van der Waals surface area (Å²) in [6.07, 6.45) is -5.29. The maximum Gasteiger partial charge on any atom is 0.452 e. The third-order valence-electron chi connectivity index (χ3n) is 7.01. The van der Waals surface area contributed by atoms with Gasteiger partial charge in [-0.15, -0.1) is 0 Å². The second kappa shape index (κ2) is 15.9. The van der Waals surface area contributed by atoms with Crippen molar-refractivity contribution in [2.24, 2.45) is 11.7 Å². The SMILES string of the molecule is COc1ccc([C@H](NC(=O)[C@H](Cc2cccc(Cl)c2)NC(=O)c2ccc(CN)c(Cl)c2)C(=O)N[C@H](C(=O)C(F)(F)F)C(C)C)cc1. The zero-order chi connectivity index (χ0) is 34.2. The summed E-state index contributed by atoms with van der Waals surface area (Å²) in [7, 11) is 1.41. The van der Waals surface area contributed by atoms with Gasteiger partial charge in [-0.25, -0.2) is 0 Å². The number of hydrogen-bond acceptors (Lipinski definition) is 6. The molecule has 0 saturated carbocycles. The second-order valence-electron chi connectivity index (χ2n) is 10.7. The van der Waals surface area contributed by atoms with Crippen LogP contribution in [0.4, 0.5) is 13.2 Å². The first-order chi connectivity index (χ1) is 21.6. The van der Waals surface area contributed by atoms with Crippen LogP contribution in [0.3, 0.4) is 0 Å². The van der Waals surface area contributed by atoms with Crippen LogP contribution in [0, 0.1) is 5.92 Å². The van der Waals surface area contributed by atoms with Crippen LogP contribution in [-0.2, 0) is 27.3 Å². The predicted molar refractivity (Wildman–Crippen MR) is 167 cm³/mol. The van der Waals surface area contributed by atoms with Gasteiger partial charge >= 0.3 is 6.18 Å². The molecule has 0 heterocycles. The summed E-state index contributed by atoms with van der Waals surface area (Å²) in [5, 5.41) is 7.95. The summed E-state index contributed by atoms with van der Waals surface area (Å²) in [4.78, 5) is 52.8. The van der Waals surface area contributed by atoms with E-state index in [1.165, 1.54) is 57.4 Å². The Hall–Kier alpha value is -4.13. The van der Waals surface area contributed by atoms with Crippen molar-refractivity contribution >= 4 is 46.7 Å². The molecule has 3 atom stereocenters. The summed E-state index contributed by atoms with van der Waals surface area (Å²) >= 11 is 12.4. The number of hydrogen-bond donors (Lipinski definition) is 4. The van der Waals surface area contributed by atoms with Gasteiger partial charge in [0.2, 0.25) is 11.8 Å². The smallest absolute Gasteiger partial charge is 0.452 e. The van der Waals surface area contributed by atoms with Gasteiger partial charge in [0.05, 0.1) is 13.2 Å². The lowest BCUT2D eigenvalue weighted by atomic mass is 9.97. The fourth-order valence-corrected chi connectivity index (χ4v) is 4.96. The minimum absolute atomic E-state index is 0.0785. The van der Waals surface area contributed by atoms with Crippen LogP contribution >= 0.6 is 23.2 Å². The molecule has 9 nitrogen and oxygen atoms in total. The van der Waals surface area contributed by atoms with E-state index in [9.17, 15) is 32.3 Å². The molecule has 0 aliphatic heterocycles. The molecule has 3 rings (SSSR count). The molecule has 3 aromatic rings. The highest BCUT2D eigenvalue weighted by Crippen LogP contribution is 2.24. The average Bonchev–Trinajstić information content (AvgIpc) is 3.01. The molecule has 46 heavy (non-hydrogen) atoms. The van der Waals surface area contributed by atoms with Gasteiger partial charge in [0, 0.05) is 28.6 Å². The highest BCUT2D eigenvalue weighted by atomic mass is 35.5. The Bertz CT molecular complexity index is 1570. The fourth-order valence-electron chi connectivity index (χ4n) is 4.49. The van der Waals surface area contributed by atoms with E-state index in [0.29, 0.717) is 21.9 Å². The highest BCUT2D eigenvalue weighted by Gasteiger charge is 2.45. The third kappa shape index (κ3) is 9.68. The van der Waals surface area contributed by atoms with Gasteiger partial charge in [0.25, 0.3) is 11.7 Å². The van der Waals surface area contributed by atoms with Crippen molar-refractivity contribution in [1.82, 2.24) is 16.0 Å². The fraction of sp³-hybridized carbons (Fsp3) is 0.312. The van der Waals surface area contributed by atoms with E-state index in [4.69, 9.17) is 33.7 Å². The summed E-state index contributed by atoms with van der Waals surface area (Å²) in [5.74, 6) is -5.26. The number of alkyl halides is 3. The molecule has 0 saturated heterocycles. The van der Waals surface area contributed by atoms with Crippen molar-refractivity contribution in [3.05, 3.63) is 99.0 Å². The van der Waals surface area contributed by atoms with Gasteiger partial charge < -0.3 is 26.4 Å². The molecule has 0 aromatic heterocycles. The average molecular weight is 682 g/mol. The van der Waals surface area contributed by atoms with Crippen LogP contribution in [-0.4, -0.2) is 48.9 Å². The number of amides is 3. The Kier molecular flexibility index (Phi) is 12.6. The van der Waals surface area contributed by atoms with Gasteiger partial charge in [-0.1, -0.05) is 67.4 Å². The van der Waals surface area contributed by atoms with Crippen molar-refractivity contribution in [3.8, 4) is 5.75 Å². The molecule has 0 bridgehead atoms. The Labute approximate surface area is 274 Å². The van der Waals surface area contributed by atoms with Crippen LogP contribution in [0.1, 0.15) is 46.9 Å². The number of methoxy groups -OCH3 is 1. The van der Waals surface area contributed by atoms with E-state index in [0.717, 1.165) is 0 Å². The number of halogens is 5. The number of benzene rings is 3. The zero-order valence-electron chi connectivity index (χ0n) is 25.1.